The minimum atomic E-state index is -4.19. The number of aromatic nitrogens is 1. The van der Waals surface area contributed by atoms with E-state index in [-0.39, 0.29) is 24.0 Å². The number of nitrogens with one attached hydrogen (secondary N) is 1. The Kier molecular flexibility index (Phi) is 9.62. The van der Waals surface area contributed by atoms with Gasteiger partial charge in [0.15, 0.2) is 5.96 Å². The zero-order valence-electron chi connectivity index (χ0n) is 18.4. The molecule has 0 aromatic carbocycles. The van der Waals surface area contributed by atoms with E-state index in [1.54, 1.807) is 7.05 Å². The zero-order chi connectivity index (χ0) is 21.7. The zero-order valence-corrected chi connectivity index (χ0v) is 20.7. The van der Waals surface area contributed by atoms with Gasteiger partial charge >= 0.3 is 6.18 Å². The third kappa shape index (κ3) is 6.82. The number of likely N-dealkylation sites (N-methyl/N-ethyl adjacent to an activating group) is 1. The Bertz CT molecular complexity index is 715. The highest BCUT2D eigenvalue weighted by Gasteiger charge is 2.41. The minimum Gasteiger partial charge on any atom is -0.354 e. The molecule has 0 aliphatic carbocycles. The molecule has 3 rings (SSSR count). The molecule has 176 valence electrons. The number of pyridine rings is 1. The molecule has 3 heterocycles. The van der Waals surface area contributed by atoms with E-state index in [1.165, 1.54) is 11.8 Å². The molecule has 7 nitrogen and oxygen atoms in total. The SMILES string of the molecule is CN=C(NCc1cccnc1N1CCN(C)CC1)N1CCN(C(C)C(F)(F)F)CC1.I. The summed E-state index contributed by atoms with van der Waals surface area (Å²) in [4.78, 5) is 17.1. The van der Waals surface area contributed by atoms with Crippen molar-refractivity contribution in [3.8, 4) is 0 Å². The normalized spacial score (nSPS) is 20.4. The van der Waals surface area contributed by atoms with Crippen LogP contribution >= 0.6 is 24.0 Å². The number of aliphatic imine (C=N–C) groups is 1. The Morgan fingerprint density at radius 2 is 1.77 bits per heavy atom. The third-order valence-electron chi connectivity index (χ3n) is 5.95. The van der Waals surface area contributed by atoms with Crippen molar-refractivity contribution in [1.82, 2.24) is 25.0 Å². The number of hydrogen-bond acceptors (Lipinski definition) is 5. The highest BCUT2D eigenvalue weighted by atomic mass is 127. The van der Waals surface area contributed by atoms with E-state index in [2.05, 4.69) is 38.2 Å². The summed E-state index contributed by atoms with van der Waals surface area (Å²) in [5, 5.41) is 3.38. The summed E-state index contributed by atoms with van der Waals surface area (Å²) in [5.41, 5.74) is 1.09. The fourth-order valence-electron chi connectivity index (χ4n) is 3.91. The number of guanidine groups is 1. The Balaban J connectivity index is 0.00000341. The number of halogens is 4. The van der Waals surface area contributed by atoms with E-state index in [9.17, 15) is 13.2 Å². The van der Waals surface area contributed by atoms with Gasteiger partial charge in [0.05, 0.1) is 0 Å². The lowest BCUT2D eigenvalue weighted by Gasteiger charge is -2.39. The van der Waals surface area contributed by atoms with E-state index >= 15 is 0 Å². The molecule has 2 aliphatic heterocycles. The summed E-state index contributed by atoms with van der Waals surface area (Å²) in [5.74, 6) is 1.69. The van der Waals surface area contributed by atoms with Crippen LogP contribution in [-0.4, -0.2) is 104 Å². The quantitative estimate of drug-likeness (QED) is 0.349. The van der Waals surface area contributed by atoms with Crippen LogP contribution in [-0.2, 0) is 6.54 Å². The van der Waals surface area contributed by atoms with Gasteiger partial charge in [0.1, 0.15) is 11.9 Å². The van der Waals surface area contributed by atoms with Crippen molar-refractivity contribution in [2.24, 2.45) is 4.99 Å². The van der Waals surface area contributed by atoms with Gasteiger partial charge in [-0.25, -0.2) is 4.98 Å². The molecule has 2 aliphatic rings. The molecule has 0 bridgehead atoms. The summed E-state index contributed by atoms with van der Waals surface area (Å²) < 4.78 is 38.9. The van der Waals surface area contributed by atoms with Gasteiger partial charge in [-0.2, -0.15) is 13.2 Å². The highest BCUT2D eigenvalue weighted by Crippen LogP contribution is 2.25. The topological polar surface area (TPSA) is 50.2 Å². The van der Waals surface area contributed by atoms with Crippen LogP contribution in [0.1, 0.15) is 12.5 Å². The molecular weight excluding hydrogens is 522 g/mol. The van der Waals surface area contributed by atoms with Crippen molar-refractivity contribution >= 4 is 35.8 Å². The maximum absolute atomic E-state index is 13.0. The van der Waals surface area contributed by atoms with E-state index in [4.69, 9.17) is 0 Å². The van der Waals surface area contributed by atoms with Crippen molar-refractivity contribution < 1.29 is 13.2 Å². The number of nitrogens with zero attached hydrogens (tertiary/aromatic N) is 6. The molecular formula is C20H33F3IN7. The summed E-state index contributed by atoms with van der Waals surface area (Å²) in [6.07, 6.45) is -2.38. The van der Waals surface area contributed by atoms with Crippen LogP contribution in [0.3, 0.4) is 0 Å². The van der Waals surface area contributed by atoms with E-state index in [0.29, 0.717) is 38.7 Å². The average molecular weight is 555 g/mol. The predicted octanol–water partition coefficient (Wildman–Crippen LogP) is 2.10. The maximum atomic E-state index is 13.0. The average Bonchev–Trinajstić information content (AvgIpc) is 2.74. The molecule has 2 saturated heterocycles. The second-order valence-corrected chi connectivity index (χ2v) is 7.92. The molecule has 1 aromatic heterocycles. The second-order valence-electron chi connectivity index (χ2n) is 7.92. The first-order chi connectivity index (χ1) is 14.3. The van der Waals surface area contributed by atoms with Gasteiger partial charge in [-0.05, 0) is 20.0 Å². The number of rotatable bonds is 4. The van der Waals surface area contributed by atoms with Crippen molar-refractivity contribution in [2.75, 3.05) is 71.4 Å². The molecule has 1 atom stereocenters. The molecule has 1 N–H and O–H groups in total. The lowest BCUT2D eigenvalue weighted by atomic mass is 10.2. The second kappa shape index (κ2) is 11.5. The molecule has 2 fully saturated rings. The summed E-state index contributed by atoms with van der Waals surface area (Å²) in [7, 11) is 3.83. The molecule has 11 heteroatoms. The largest absolute Gasteiger partial charge is 0.403 e. The van der Waals surface area contributed by atoms with Gasteiger partial charge < -0.3 is 20.0 Å². The monoisotopic (exact) mass is 555 g/mol. The number of hydrogen-bond donors (Lipinski definition) is 1. The molecule has 0 amide bonds. The smallest absolute Gasteiger partial charge is 0.354 e. The van der Waals surface area contributed by atoms with Crippen LogP contribution in [0.5, 0.6) is 0 Å². The first-order valence-electron chi connectivity index (χ1n) is 10.4. The highest BCUT2D eigenvalue weighted by molar-refractivity contribution is 14.0. The van der Waals surface area contributed by atoms with Crippen LogP contribution in [0.2, 0.25) is 0 Å². The first-order valence-corrected chi connectivity index (χ1v) is 10.4. The van der Waals surface area contributed by atoms with Gasteiger partial charge in [-0.1, -0.05) is 6.07 Å². The van der Waals surface area contributed by atoms with Gasteiger partial charge in [0.25, 0.3) is 0 Å². The van der Waals surface area contributed by atoms with E-state index in [0.717, 1.165) is 37.6 Å². The Labute approximate surface area is 199 Å². The Hall–Kier alpha value is -1.34. The van der Waals surface area contributed by atoms with Crippen molar-refractivity contribution in [3.05, 3.63) is 23.9 Å². The van der Waals surface area contributed by atoms with E-state index < -0.39 is 12.2 Å². The predicted molar refractivity (Wildman–Crippen MR) is 128 cm³/mol. The van der Waals surface area contributed by atoms with Gasteiger partial charge in [0.2, 0.25) is 0 Å². The van der Waals surface area contributed by atoms with Crippen LogP contribution in [0.25, 0.3) is 0 Å². The van der Waals surface area contributed by atoms with Crippen molar-refractivity contribution in [2.45, 2.75) is 25.7 Å². The standard InChI is InChI=1S/C20H32F3N7.HI/c1-16(20(21,22)23)28-11-13-30(14-12-28)19(24-2)26-15-17-5-4-6-25-18(17)29-9-7-27(3)8-10-29;/h4-6,16H,7-15H2,1-3H3,(H,24,26);1H. The van der Waals surface area contributed by atoms with Crippen LogP contribution in [0.15, 0.2) is 23.3 Å². The fourth-order valence-corrected chi connectivity index (χ4v) is 3.91. The van der Waals surface area contributed by atoms with Gasteiger partial charge in [-0.15, -0.1) is 24.0 Å². The third-order valence-corrected chi connectivity index (χ3v) is 5.95. The summed E-state index contributed by atoms with van der Waals surface area (Å²) in [6, 6.07) is 2.57. The Morgan fingerprint density at radius 1 is 1.13 bits per heavy atom. The molecule has 1 aromatic rings. The summed E-state index contributed by atoms with van der Waals surface area (Å²) >= 11 is 0. The van der Waals surface area contributed by atoms with Crippen LogP contribution < -0.4 is 10.2 Å². The number of alkyl halides is 3. The van der Waals surface area contributed by atoms with Crippen LogP contribution in [0.4, 0.5) is 19.0 Å². The maximum Gasteiger partial charge on any atom is 0.403 e. The molecule has 31 heavy (non-hydrogen) atoms. The lowest BCUT2D eigenvalue weighted by molar-refractivity contribution is -0.181. The Morgan fingerprint density at radius 3 is 2.35 bits per heavy atom. The van der Waals surface area contributed by atoms with E-state index in [1.807, 2.05) is 17.2 Å². The molecule has 0 saturated carbocycles. The fraction of sp³-hybridized carbons (Fsp3) is 0.700. The first kappa shape index (κ1) is 25.9. The van der Waals surface area contributed by atoms with Crippen molar-refractivity contribution in [3.63, 3.8) is 0 Å². The molecule has 0 radical (unpaired) electrons. The number of anilines is 1. The van der Waals surface area contributed by atoms with Gasteiger partial charge in [0, 0.05) is 77.7 Å². The molecule has 0 spiro atoms. The van der Waals surface area contributed by atoms with Gasteiger partial charge in [-0.3, -0.25) is 9.89 Å². The van der Waals surface area contributed by atoms with Crippen LogP contribution in [0, 0.1) is 0 Å². The van der Waals surface area contributed by atoms with Crippen molar-refractivity contribution in [1.29, 1.82) is 0 Å². The summed E-state index contributed by atoms with van der Waals surface area (Å²) in [6.45, 7) is 7.44. The number of piperazine rings is 2. The minimum absolute atomic E-state index is 0. The molecule has 1 unspecified atom stereocenters. The lowest BCUT2D eigenvalue weighted by Crippen LogP contribution is -2.56.